The first-order valence-electron chi connectivity index (χ1n) is 5.18. The molecule has 1 saturated carbocycles. The third-order valence-corrected chi connectivity index (χ3v) is 3.41. The normalized spacial score (nSPS) is 27.8. The van der Waals surface area contributed by atoms with Crippen LogP contribution in [-0.2, 0) is 0 Å². The molecule has 1 heterocycles. The molecule has 2 heteroatoms. The molecule has 1 saturated heterocycles. The van der Waals surface area contributed by atoms with Gasteiger partial charge in [0.2, 0.25) is 0 Å². The van der Waals surface area contributed by atoms with Gasteiger partial charge in [-0.1, -0.05) is 12.8 Å². The maximum Gasteiger partial charge on any atom is 0.0443 e. The fourth-order valence-corrected chi connectivity index (χ4v) is 2.80. The standard InChI is InChI=1S/C10H19NO/c12-7-3-6-11-8-10(9-11)4-1-2-5-10/h12H,1-9H2. The van der Waals surface area contributed by atoms with E-state index in [0.717, 1.165) is 18.4 Å². The molecule has 0 aromatic carbocycles. The number of hydrogen-bond acceptors (Lipinski definition) is 2. The third-order valence-electron chi connectivity index (χ3n) is 3.41. The Balaban J connectivity index is 1.68. The van der Waals surface area contributed by atoms with Gasteiger partial charge < -0.3 is 10.0 Å². The highest BCUT2D eigenvalue weighted by Crippen LogP contribution is 2.45. The molecule has 0 amide bonds. The number of hydrogen-bond donors (Lipinski definition) is 1. The average Bonchev–Trinajstić information content (AvgIpc) is 2.46. The van der Waals surface area contributed by atoms with Crippen molar-refractivity contribution in [3.63, 3.8) is 0 Å². The lowest BCUT2D eigenvalue weighted by molar-refractivity contribution is 0.00276. The fraction of sp³-hybridized carbons (Fsp3) is 1.00. The van der Waals surface area contributed by atoms with Crippen LogP contribution in [0.15, 0.2) is 0 Å². The van der Waals surface area contributed by atoms with E-state index in [1.54, 1.807) is 0 Å². The second-order valence-electron chi connectivity index (χ2n) is 4.49. The van der Waals surface area contributed by atoms with Gasteiger partial charge in [0.05, 0.1) is 0 Å². The zero-order chi connectivity index (χ0) is 8.44. The minimum Gasteiger partial charge on any atom is -0.396 e. The molecule has 1 N–H and O–H groups in total. The van der Waals surface area contributed by atoms with E-state index in [1.165, 1.54) is 38.8 Å². The van der Waals surface area contributed by atoms with Gasteiger partial charge in [0.25, 0.3) is 0 Å². The first-order chi connectivity index (χ1) is 5.85. The van der Waals surface area contributed by atoms with Crippen LogP contribution in [0.4, 0.5) is 0 Å². The summed E-state index contributed by atoms with van der Waals surface area (Å²) in [6, 6.07) is 0. The molecule has 0 unspecified atom stereocenters. The SMILES string of the molecule is OCCCN1CC2(CCCC2)C1. The number of aliphatic hydroxyl groups is 1. The Kier molecular flexibility index (Phi) is 2.37. The predicted octanol–water partition coefficient (Wildman–Crippen LogP) is 1.24. The van der Waals surface area contributed by atoms with Crippen molar-refractivity contribution in [3.8, 4) is 0 Å². The van der Waals surface area contributed by atoms with Crippen molar-refractivity contribution in [2.24, 2.45) is 5.41 Å². The summed E-state index contributed by atoms with van der Waals surface area (Å²) in [4.78, 5) is 2.49. The van der Waals surface area contributed by atoms with E-state index in [1.807, 2.05) is 0 Å². The maximum absolute atomic E-state index is 8.66. The number of rotatable bonds is 3. The molecule has 0 aromatic rings. The molecule has 12 heavy (non-hydrogen) atoms. The Morgan fingerprint density at radius 2 is 1.83 bits per heavy atom. The van der Waals surface area contributed by atoms with Gasteiger partial charge in [-0.2, -0.15) is 0 Å². The molecule has 0 radical (unpaired) electrons. The van der Waals surface area contributed by atoms with Crippen molar-refractivity contribution in [1.29, 1.82) is 0 Å². The summed E-state index contributed by atoms with van der Waals surface area (Å²) in [5, 5.41) is 8.66. The number of likely N-dealkylation sites (tertiary alicyclic amines) is 1. The monoisotopic (exact) mass is 169 g/mol. The molecule has 0 atom stereocenters. The molecule has 2 fully saturated rings. The summed E-state index contributed by atoms with van der Waals surface area (Å²) in [5.74, 6) is 0. The van der Waals surface area contributed by atoms with Crippen LogP contribution in [0.25, 0.3) is 0 Å². The van der Waals surface area contributed by atoms with E-state index in [-0.39, 0.29) is 0 Å². The van der Waals surface area contributed by atoms with Crippen LogP contribution >= 0.6 is 0 Å². The maximum atomic E-state index is 8.66. The summed E-state index contributed by atoms with van der Waals surface area (Å²) in [7, 11) is 0. The minimum atomic E-state index is 0.351. The Morgan fingerprint density at radius 3 is 2.42 bits per heavy atom. The van der Waals surface area contributed by atoms with Crippen LogP contribution < -0.4 is 0 Å². The molecule has 2 nitrogen and oxygen atoms in total. The van der Waals surface area contributed by atoms with Gasteiger partial charge >= 0.3 is 0 Å². The van der Waals surface area contributed by atoms with E-state index in [9.17, 15) is 0 Å². The average molecular weight is 169 g/mol. The van der Waals surface area contributed by atoms with E-state index in [0.29, 0.717) is 6.61 Å². The summed E-state index contributed by atoms with van der Waals surface area (Å²) in [6.45, 7) is 4.09. The van der Waals surface area contributed by atoms with Gasteiger partial charge in [0.1, 0.15) is 0 Å². The number of aliphatic hydroxyl groups excluding tert-OH is 1. The van der Waals surface area contributed by atoms with Crippen molar-refractivity contribution in [2.75, 3.05) is 26.2 Å². The van der Waals surface area contributed by atoms with Crippen molar-refractivity contribution in [3.05, 3.63) is 0 Å². The Hall–Kier alpha value is -0.0800. The van der Waals surface area contributed by atoms with E-state index < -0.39 is 0 Å². The van der Waals surface area contributed by atoms with E-state index in [4.69, 9.17) is 5.11 Å². The molecular formula is C10H19NO. The molecule has 70 valence electrons. The molecule has 0 aromatic heterocycles. The number of nitrogens with zero attached hydrogens (tertiary/aromatic N) is 1. The molecular weight excluding hydrogens is 150 g/mol. The molecule has 2 rings (SSSR count). The Bertz CT molecular complexity index is 144. The summed E-state index contributed by atoms with van der Waals surface area (Å²) in [6.07, 6.45) is 6.78. The lowest BCUT2D eigenvalue weighted by Gasteiger charge is -2.48. The Morgan fingerprint density at radius 1 is 1.17 bits per heavy atom. The van der Waals surface area contributed by atoms with Crippen LogP contribution in [0, 0.1) is 5.41 Å². The summed E-state index contributed by atoms with van der Waals surface area (Å²) >= 11 is 0. The van der Waals surface area contributed by atoms with Gasteiger partial charge in [-0.05, 0) is 24.7 Å². The third kappa shape index (κ3) is 1.50. The van der Waals surface area contributed by atoms with Gasteiger partial charge in [-0.3, -0.25) is 0 Å². The van der Waals surface area contributed by atoms with Crippen LogP contribution in [0.1, 0.15) is 32.1 Å². The molecule has 1 spiro atoms. The van der Waals surface area contributed by atoms with Crippen molar-refractivity contribution in [1.82, 2.24) is 4.90 Å². The first kappa shape index (κ1) is 8.52. The zero-order valence-electron chi connectivity index (χ0n) is 7.76. The van der Waals surface area contributed by atoms with Gasteiger partial charge in [-0.25, -0.2) is 0 Å². The highest BCUT2D eigenvalue weighted by molar-refractivity contribution is 4.97. The topological polar surface area (TPSA) is 23.5 Å². The van der Waals surface area contributed by atoms with Crippen molar-refractivity contribution >= 4 is 0 Å². The molecule has 1 aliphatic carbocycles. The second kappa shape index (κ2) is 3.35. The second-order valence-corrected chi connectivity index (χ2v) is 4.49. The van der Waals surface area contributed by atoms with Gasteiger partial charge in [0.15, 0.2) is 0 Å². The molecule has 2 aliphatic rings. The first-order valence-corrected chi connectivity index (χ1v) is 5.18. The lowest BCUT2D eigenvalue weighted by atomic mass is 9.78. The highest BCUT2D eigenvalue weighted by atomic mass is 16.3. The zero-order valence-corrected chi connectivity index (χ0v) is 7.76. The largest absolute Gasteiger partial charge is 0.396 e. The van der Waals surface area contributed by atoms with E-state index in [2.05, 4.69) is 4.90 Å². The smallest absolute Gasteiger partial charge is 0.0443 e. The quantitative estimate of drug-likeness (QED) is 0.687. The van der Waals surface area contributed by atoms with Crippen molar-refractivity contribution < 1.29 is 5.11 Å². The Labute approximate surface area is 74.6 Å². The lowest BCUT2D eigenvalue weighted by Crippen LogP contribution is -2.54. The van der Waals surface area contributed by atoms with Crippen LogP contribution in [0.5, 0.6) is 0 Å². The molecule has 1 aliphatic heterocycles. The predicted molar refractivity (Wildman–Crippen MR) is 49.0 cm³/mol. The van der Waals surface area contributed by atoms with Crippen LogP contribution in [-0.4, -0.2) is 36.2 Å². The summed E-state index contributed by atoms with van der Waals surface area (Å²) in [5.41, 5.74) is 0.732. The highest BCUT2D eigenvalue weighted by Gasteiger charge is 2.43. The minimum absolute atomic E-state index is 0.351. The van der Waals surface area contributed by atoms with Crippen LogP contribution in [0.2, 0.25) is 0 Å². The van der Waals surface area contributed by atoms with Crippen LogP contribution in [0.3, 0.4) is 0 Å². The summed E-state index contributed by atoms with van der Waals surface area (Å²) < 4.78 is 0. The van der Waals surface area contributed by atoms with Gasteiger partial charge in [-0.15, -0.1) is 0 Å². The van der Waals surface area contributed by atoms with Gasteiger partial charge in [0, 0.05) is 26.2 Å². The molecule has 0 bridgehead atoms. The fourth-order valence-electron chi connectivity index (χ4n) is 2.80. The van der Waals surface area contributed by atoms with Crippen molar-refractivity contribution in [2.45, 2.75) is 32.1 Å². The van der Waals surface area contributed by atoms with E-state index >= 15 is 0 Å².